The van der Waals surface area contributed by atoms with Crippen LogP contribution in [0.1, 0.15) is 40.9 Å². The van der Waals surface area contributed by atoms with E-state index in [2.05, 4.69) is 35.1 Å². The van der Waals surface area contributed by atoms with E-state index in [1.165, 1.54) is 22.9 Å². The largest absolute Gasteiger partial charge is 0.493 e. The minimum absolute atomic E-state index is 0.0588. The number of hydrogen-bond acceptors (Lipinski definition) is 7. The summed E-state index contributed by atoms with van der Waals surface area (Å²) >= 11 is 7.88. The normalized spacial score (nSPS) is 12.9. The van der Waals surface area contributed by atoms with E-state index in [1.54, 1.807) is 20.3 Å². The van der Waals surface area contributed by atoms with Crippen LogP contribution >= 0.6 is 23.4 Å². The number of carbonyl (C=O) groups excluding carboxylic acids is 1. The van der Waals surface area contributed by atoms with Crippen LogP contribution < -0.4 is 19.7 Å². The van der Waals surface area contributed by atoms with E-state index in [0.717, 1.165) is 35.8 Å². The second-order valence-corrected chi connectivity index (χ2v) is 10.4. The second-order valence-electron chi connectivity index (χ2n) is 9.07. The molecule has 0 atom stereocenters. The molecule has 0 aliphatic carbocycles. The second kappa shape index (κ2) is 11.8. The molecule has 2 aromatic carbocycles. The molecular weight excluding hydrogens is 496 g/mol. The summed E-state index contributed by atoms with van der Waals surface area (Å²) in [5.41, 5.74) is 4.10. The third-order valence-electron chi connectivity index (χ3n) is 5.93. The number of thioether (sulfide) groups is 1. The number of nitrogens with one attached hydrogen (secondary N) is 1. The lowest BCUT2D eigenvalue weighted by Gasteiger charge is -2.30. The highest BCUT2D eigenvalue weighted by atomic mass is 35.5. The summed E-state index contributed by atoms with van der Waals surface area (Å²) < 4.78 is 10.9. The zero-order valence-corrected chi connectivity index (χ0v) is 22.6. The average Bonchev–Trinajstić information content (AvgIpc) is 2.89. The van der Waals surface area contributed by atoms with Gasteiger partial charge in [-0.25, -0.2) is 9.97 Å². The molecule has 1 amide bonds. The molecule has 7 nitrogen and oxygen atoms in total. The van der Waals surface area contributed by atoms with E-state index >= 15 is 0 Å². The number of ether oxygens (including phenoxy) is 2. The first-order chi connectivity index (χ1) is 17.4. The molecule has 0 radical (unpaired) electrons. The van der Waals surface area contributed by atoms with E-state index in [4.69, 9.17) is 26.1 Å². The van der Waals surface area contributed by atoms with Crippen molar-refractivity contribution in [3.63, 3.8) is 0 Å². The molecule has 1 aliphatic rings. The number of rotatable bonds is 9. The number of carbonyl (C=O) groups is 1. The summed E-state index contributed by atoms with van der Waals surface area (Å²) in [6, 6.07) is 13.5. The highest BCUT2D eigenvalue weighted by Crippen LogP contribution is 2.35. The van der Waals surface area contributed by atoms with Crippen molar-refractivity contribution in [2.24, 2.45) is 5.92 Å². The van der Waals surface area contributed by atoms with Gasteiger partial charge in [-0.2, -0.15) is 0 Å². The first kappa shape index (κ1) is 26.1. The van der Waals surface area contributed by atoms with Crippen molar-refractivity contribution >= 4 is 35.1 Å². The number of amides is 1. The summed E-state index contributed by atoms with van der Waals surface area (Å²) in [4.78, 5) is 23.8. The summed E-state index contributed by atoms with van der Waals surface area (Å²) in [6.07, 6.45) is 0.867. The molecule has 0 saturated carbocycles. The van der Waals surface area contributed by atoms with Gasteiger partial charge in [0.15, 0.2) is 16.7 Å². The number of aromatic nitrogens is 2. The van der Waals surface area contributed by atoms with Gasteiger partial charge in [-0.1, -0.05) is 49.3 Å². The van der Waals surface area contributed by atoms with Gasteiger partial charge in [-0.3, -0.25) is 4.79 Å². The van der Waals surface area contributed by atoms with Gasteiger partial charge >= 0.3 is 0 Å². The van der Waals surface area contributed by atoms with Gasteiger partial charge in [-0.05, 0) is 53.3 Å². The van der Waals surface area contributed by atoms with Crippen LogP contribution in [0.3, 0.4) is 0 Å². The lowest BCUT2D eigenvalue weighted by molar-refractivity contribution is 0.0949. The van der Waals surface area contributed by atoms with Gasteiger partial charge in [0.1, 0.15) is 11.0 Å². The molecule has 2 heterocycles. The topological polar surface area (TPSA) is 76.6 Å². The zero-order valence-electron chi connectivity index (χ0n) is 21.0. The van der Waals surface area contributed by atoms with Crippen LogP contribution in [0.2, 0.25) is 5.15 Å². The maximum atomic E-state index is 12.4. The SMILES string of the molecule is COc1cc2c(cc1OC)CN(c1cc(Cl)nc(SCc3cccc(C(=O)NCC(C)C)c3)n1)CC2. The predicted octanol–water partition coefficient (Wildman–Crippen LogP) is 5.39. The molecule has 4 rings (SSSR count). The molecule has 9 heteroatoms. The van der Waals surface area contributed by atoms with Gasteiger partial charge in [0.05, 0.1) is 14.2 Å². The van der Waals surface area contributed by atoms with Crippen molar-refractivity contribution in [1.29, 1.82) is 0 Å². The zero-order chi connectivity index (χ0) is 25.7. The summed E-state index contributed by atoms with van der Waals surface area (Å²) in [6.45, 7) is 6.30. The van der Waals surface area contributed by atoms with E-state index in [9.17, 15) is 4.79 Å². The standard InChI is InChI=1S/C27H31ClN4O3S/c1-17(2)14-29-26(33)20-7-5-6-18(10-20)16-36-27-30-24(28)13-25(31-27)32-9-8-19-11-22(34-3)23(35-4)12-21(19)15-32/h5-7,10-13,17H,8-9,14-16H2,1-4H3,(H,29,33). The molecule has 1 aliphatic heterocycles. The fourth-order valence-corrected chi connectivity index (χ4v) is 5.06. The number of fused-ring (bicyclic) bond motifs is 1. The molecule has 190 valence electrons. The average molecular weight is 527 g/mol. The van der Waals surface area contributed by atoms with Crippen LogP contribution in [0.4, 0.5) is 5.82 Å². The molecule has 0 fully saturated rings. The Balaban J connectivity index is 1.46. The smallest absolute Gasteiger partial charge is 0.251 e. The maximum Gasteiger partial charge on any atom is 0.251 e. The van der Waals surface area contributed by atoms with Crippen LogP contribution in [-0.4, -0.2) is 43.2 Å². The van der Waals surface area contributed by atoms with Crippen LogP contribution in [0.25, 0.3) is 0 Å². The number of anilines is 1. The van der Waals surface area contributed by atoms with Gasteiger partial charge in [0.2, 0.25) is 0 Å². The number of nitrogens with zero attached hydrogens (tertiary/aromatic N) is 3. The molecule has 3 aromatic rings. The minimum Gasteiger partial charge on any atom is -0.493 e. The van der Waals surface area contributed by atoms with Crippen LogP contribution in [-0.2, 0) is 18.7 Å². The first-order valence-corrected chi connectivity index (χ1v) is 13.3. The first-order valence-electron chi connectivity index (χ1n) is 11.9. The van der Waals surface area contributed by atoms with Crippen molar-refractivity contribution in [2.45, 2.75) is 37.7 Å². The van der Waals surface area contributed by atoms with E-state index in [1.807, 2.05) is 30.3 Å². The van der Waals surface area contributed by atoms with Gasteiger partial charge in [0.25, 0.3) is 5.91 Å². The van der Waals surface area contributed by atoms with Crippen molar-refractivity contribution in [3.05, 3.63) is 69.9 Å². The predicted molar refractivity (Wildman–Crippen MR) is 145 cm³/mol. The summed E-state index contributed by atoms with van der Waals surface area (Å²) in [7, 11) is 3.30. The number of hydrogen-bond donors (Lipinski definition) is 1. The molecule has 0 bridgehead atoms. The molecule has 36 heavy (non-hydrogen) atoms. The molecular formula is C27H31ClN4O3S. The van der Waals surface area contributed by atoms with Crippen LogP contribution in [0.15, 0.2) is 47.6 Å². The fourth-order valence-electron chi connectivity index (χ4n) is 4.04. The van der Waals surface area contributed by atoms with E-state index in [-0.39, 0.29) is 5.91 Å². The Kier molecular flexibility index (Phi) is 8.59. The van der Waals surface area contributed by atoms with Crippen molar-refractivity contribution in [1.82, 2.24) is 15.3 Å². The highest BCUT2D eigenvalue weighted by molar-refractivity contribution is 7.98. The third-order valence-corrected chi connectivity index (χ3v) is 7.04. The van der Waals surface area contributed by atoms with Crippen LogP contribution in [0.5, 0.6) is 11.5 Å². The van der Waals surface area contributed by atoms with Gasteiger partial charge in [0, 0.05) is 37.0 Å². The van der Waals surface area contributed by atoms with E-state index < -0.39 is 0 Å². The van der Waals surface area contributed by atoms with Crippen molar-refractivity contribution < 1.29 is 14.3 Å². The Bertz CT molecular complexity index is 1240. The Hall–Kier alpha value is -2.97. The Morgan fingerprint density at radius 2 is 1.86 bits per heavy atom. The summed E-state index contributed by atoms with van der Waals surface area (Å²) in [5.74, 6) is 3.23. The van der Waals surface area contributed by atoms with Gasteiger partial charge in [-0.15, -0.1) is 0 Å². The molecule has 0 unspecified atom stereocenters. The fraction of sp³-hybridized carbons (Fsp3) is 0.370. The van der Waals surface area contributed by atoms with Crippen molar-refractivity contribution in [2.75, 3.05) is 32.2 Å². The number of methoxy groups -OCH3 is 2. The Labute approximate surface area is 221 Å². The quantitative estimate of drug-likeness (QED) is 0.227. The number of halogens is 1. The minimum atomic E-state index is -0.0588. The lowest BCUT2D eigenvalue weighted by atomic mass is 9.99. The maximum absolute atomic E-state index is 12.4. The Morgan fingerprint density at radius 3 is 2.58 bits per heavy atom. The number of benzene rings is 2. The lowest BCUT2D eigenvalue weighted by Crippen LogP contribution is -2.31. The highest BCUT2D eigenvalue weighted by Gasteiger charge is 2.21. The van der Waals surface area contributed by atoms with E-state index in [0.29, 0.717) is 40.6 Å². The van der Waals surface area contributed by atoms with Gasteiger partial charge < -0.3 is 19.7 Å². The third kappa shape index (κ3) is 6.42. The molecule has 1 N–H and O–H groups in total. The molecule has 0 saturated heterocycles. The van der Waals surface area contributed by atoms with Crippen LogP contribution in [0, 0.1) is 5.92 Å². The monoisotopic (exact) mass is 526 g/mol. The summed E-state index contributed by atoms with van der Waals surface area (Å²) in [5, 5.41) is 3.97. The molecule has 0 spiro atoms. The Morgan fingerprint density at radius 1 is 1.11 bits per heavy atom. The van der Waals surface area contributed by atoms with Crippen molar-refractivity contribution in [3.8, 4) is 11.5 Å². The molecule has 1 aromatic heterocycles.